The molecule has 90 valence electrons. The smallest absolute Gasteiger partial charge is 0.305 e. The number of carboxylic acid groups (broad SMARTS) is 1. The normalized spacial score (nSPS) is 21.0. The van der Waals surface area contributed by atoms with Gasteiger partial charge in [0.2, 0.25) is 5.91 Å². The molecule has 16 heavy (non-hydrogen) atoms. The fourth-order valence-electron chi connectivity index (χ4n) is 2.48. The zero-order valence-electron chi connectivity index (χ0n) is 9.52. The maximum Gasteiger partial charge on any atom is 0.305 e. The number of nitrogens with zero attached hydrogens (tertiary/aromatic N) is 1. The Morgan fingerprint density at radius 3 is 2.25 bits per heavy atom. The molecule has 0 aromatic heterocycles. The minimum Gasteiger partial charge on any atom is -0.481 e. The van der Waals surface area contributed by atoms with Crippen LogP contribution < -0.4 is 0 Å². The molecular formula is C12H19NO3. The lowest BCUT2D eigenvalue weighted by Crippen LogP contribution is -2.38. The number of carbonyl (C=O) groups excluding carboxylic acids is 1. The second-order valence-electron chi connectivity index (χ2n) is 4.89. The molecule has 0 aliphatic heterocycles. The van der Waals surface area contributed by atoms with E-state index in [0.717, 1.165) is 38.5 Å². The van der Waals surface area contributed by atoms with Crippen LogP contribution in [0.3, 0.4) is 0 Å². The van der Waals surface area contributed by atoms with E-state index in [1.54, 1.807) is 0 Å². The molecule has 4 heteroatoms. The predicted molar refractivity (Wildman–Crippen MR) is 58.9 cm³/mol. The highest BCUT2D eigenvalue weighted by Crippen LogP contribution is 2.32. The zero-order valence-corrected chi connectivity index (χ0v) is 9.52. The summed E-state index contributed by atoms with van der Waals surface area (Å²) >= 11 is 0. The number of rotatable bonds is 5. The second-order valence-corrected chi connectivity index (χ2v) is 4.89. The molecule has 0 bridgehead atoms. The van der Waals surface area contributed by atoms with Crippen LogP contribution in [0.2, 0.25) is 0 Å². The topological polar surface area (TPSA) is 57.6 Å². The van der Waals surface area contributed by atoms with Crippen LogP contribution in [0.5, 0.6) is 0 Å². The van der Waals surface area contributed by atoms with Crippen LogP contribution in [-0.2, 0) is 9.59 Å². The highest BCUT2D eigenvalue weighted by Gasteiger charge is 2.36. The van der Waals surface area contributed by atoms with E-state index in [9.17, 15) is 9.59 Å². The van der Waals surface area contributed by atoms with E-state index in [4.69, 9.17) is 5.11 Å². The molecule has 4 nitrogen and oxygen atoms in total. The Labute approximate surface area is 95.6 Å². The van der Waals surface area contributed by atoms with Crippen LogP contribution >= 0.6 is 0 Å². The predicted octanol–water partition coefficient (Wildman–Crippen LogP) is 1.64. The summed E-state index contributed by atoms with van der Waals surface area (Å²) in [7, 11) is 0. The maximum absolute atomic E-state index is 12.2. The number of aliphatic carboxylic acids is 1. The summed E-state index contributed by atoms with van der Waals surface area (Å²) in [5.41, 5.74) is 0. The average Bonchev–Trinajstić information content (AvgIpc) is 2.93. The summed E-state index contributed by atoms with van der Waals surface area (Å²) in [5.74, 6) is -0.430. The van der Waals surface area contributed by atoms with Gasteiger partial charge in [-0.15, -0.1) is 0 Å². The Bertz CT molecular complexity index is 280. The summed E-state index contributed by atoms with van der Waals surface area (Å²) in [5, 5.41) is 8.67. The SMILES string of the molecule is O=C(O)CCN(C(=O)C1CCCC1)C1CC1. The molecule has 0 heterocycles. The molecular weight excluding hydrogens is 206 g/mol. The van der Waals surface area contributed by atoms with Gasteiger partial charge in [-0.05, 0) is 25.7 Å². The number of carboxylic acids is 1. The minimum atomic E-state index is -0.815. The van der Waals surface area contributed by atoms with E-state index in [2.05, 4.69) is 0 Å². The number of hydrogen-bond acceptors (Lipinski definition) is 2. The van der Waals surface area contributed by atoms with Gasteiger partial charge in [0.15, 0.2) is 0 Å². The van der Waals surface area contributed by atoms with Crippen LogP contribution in [0.25, 0.3) is 0 Å². The Morgan fingerprint density at radius 1 is 1.12 bits per heavy atom. The first-order chi connectivity index (χ1) is 7.68. The van der Waals surface area contributed by atoms with Gasteiger partial charge in [-0.3, -0.25) is 9.59 Å². The van der Waals surface area contributed by atoms with E-state index in [0.29, 0.717) is 12.6 Å². The molecule has 0 aromatic carbocycles. The van der Waals surface area contributed by atoms with Gasteiger partial charge in [0, 0.05) is 18.5 Å². The molecule has 0 aromatic rings. The molecule has 2 aliphatic rings. The standard InChI is InChI=1S/C12H19NO3/c14-11(15)7-8-13(10-5-6-10)12(16)9-3-1-2-4-9/h9-10H,1-8H2,(H,14,15). The molecule has 2 aliphatic carbocycles. The van der Waals surface area contributed by atoms with E-state index in [-0.39, 0.29) is 18.2 Å². The third-order valence-electron chi connectivity index (χ3n) is 3.54. The zero-order chi connectivity index (χ0) is 11.5. The molecule has 1 N–H and O–H groups in total. The van der Waals surface area contributed by atoms with Crippen molar-refractivity contribution < 1.29 is 14.7 Å². The van der Waals surface area contributed by atoms with Gasteiger partial charge in [0.25, 0.3) is 0 Å². The fraction of sp³-hybridized carbons (Fsp3) is 0.833. The van der Waals surface area contributed by atoms with E-state index >= 15 is 0 Å². The lowest BCUT2D eigenvalue weighted by atomic mass is 10.1. The van der Waals surface area contributed by atoms with Gasteiger partial charge in [0.1, 0.15) is 0 Å². The molecule has 2 fully saturated rings. The highest BCUT2D eigenvalue weighted by atomic mass is 16.4. The lowest BCUT2D eigenvalue weighted by molar-refractivity contribution is -0.140. The van der Waals surface area contributed by atoms with Crippen LogP contribution in [0.15, 0.2) is 0 Å². The van der Waals surface area contributed by atoms with Crippen molar-refractivity contribution in [3.8, 4) is 0 Å². The van der Waals surface area contributed by atoms with Gasteiger partial charge >= 0.3 is 5.97 Å². The number of hydrogen-bond donors (Lipinski definition) is 1. The van der Waals surface area contributed by atoms with Crippen molar-refractivity contribution in [3.05, 3.63) is 0 Å². The van der Waals surface area contributed by atoms with Crippen molar-refractivity contribution in [2.45, 2.75) is 51.0 Å². The van der Waals surface area contributed by atoms with Gasteiger partial charge < -0.3 is 10.0 Å². The minimum absolute atomic E-state index is 0.0783. The fourth-order valence-corrected chi connectivity index (χ4v) is 2.48. The van der Waals surface area contributed by atoms with E-state index < -0.39 is 5.97 Å². The quantitative estimate of drug-likeness (QED) is 0.773. The third kappa shape index (κ3) is 2.74. The van der Waals surface area contributed by atoms with E-state index in [1.807, 2.05) is 4.90 Å². The Balaban J connectivity index is 1.89. The van der Waals surface area contributed by atoms with Gasteiger partial charge in [-0.25, -0.2) is 0 Å². The maximum atomic E-state index is 12.2. The highest BCUT2D eigenvalue weighted by molar-refractivity contribution is 5.80. The van der Waals surface area contributed by atoms with Crippen LogP contribution in [0.1, 0.15) is 44.9 Å². The largest absolute Gasteiger partial charge is 0.481 e. The summed E-state index contributed by atoms with van der Waals surface area (Å²) in [6, 6.07) is 0.340. The summed E-state index contributed by atoms with van der Waals surface area (Å²) in [6.07, 6.45) is 6.47. The summed E-state index contributed by atoms with van der Waals surface area (Å²) in [4.78, 5) is 24.5. The molecule has 0 unspecified atom stereocenters. The molecule has 2 rings (SSSR count). The Morgan fingerprint density at radius 2 is 1.75 bits per heavy atom. The molecule has 0 atom stereocenters. The molecule has 2 saturated carbocycles. The molecule has 0 spiro atoms. The Kier molecular flexibility index (Phi) is 3.46. The van der Waals surface area contributed by atoms with Crippen molar-refractivity contribution in [2.75, 3.05) is 6.54 Å². The van der Waals surface area contributed by atoms with Gasteiger partial charge in [0.05, 0.1) is 6.42 Å². The van der Waals surface area contributed by atoms with Crippen LogP contribution in [0, 0.1) is 5.92 Å². The van der Waals surface area contributed by atoms with E-state index in [1.165, 1.54) is 0 Å². The first kappa shape index (κ1) is 11.4. The molecule has 0 saturated heterocycles. The van der Waals surface area contributed by atoms with Gasteiger partial charge in [-0.1, -0.05) is 12.8 Å². The van der Waals surface area contributed by atoms with Crippen molar-refractivity contribution in [3.63, 3.8) is 0 Å². The van der Waals surface area contributed by atoms with Crippen molar-refractivity contribution in [1.29, 1.82) is 0 Å². The number of amides is 1. The summed E-state index contributed by atoms with van der Waals surface area (Å²) < 4.78 is 0. The average molecular weight is 225 g/mol. The first-order valence-electron chi connectivity index (χ1n) is 6.21. The van der Waals surface area contributed by atoms with Crippen molar-refractivity contribution in [2.24, 2.45) is 5.92 Å². The molecule has 0 radical (unpaired) electrons. The van der Waals surface area contributed by atoms with Crippen LogP contribution in [0.4, 0.5) is 0 Å². The van der Waals surface area contributed by atoms with Crippen molar-refractivity contribution in [1.82, 2.24) is 4.90 Å². The van der Waals surface area contributed by atoms with Crippen molar-refractivity contribution >= 4 is 11.9 Å². The van der Waals surface area contributed by atoms with Crippen LogP contribution in [-0.4, -0.2) is 34.5 Å². The monoisotopic (exact) mass is 225 g/mol. The lowest BCUT2D eigenvalue weighted by Gasteiger charge is -2.24. The first-order valence-corrected chi connectivity index (χ1v) is 6.21. The number of carbonyl (C=O) groups is 2. The summed E-state index contributed by atoms with van der Waals surface area (Å²) in [6.45, 7) is 0.398. The second kappa shape index (κ2) is 4.85. The Hall–Kier alpha value is -1.06. The third-order valence-corrected chi connectivity index (χ3v) is 3.54. The molecule has 1 amide bonds. The van der Waals surface area contributed by atoms with Gasteiger partial charge in [-0.2, -0.15) is 0 Å².